The Kier molecular flexibility index (Phi) is 5.58. The normalized spacial score (nSPS) is 10.9. The summed E-state index contributed by atoms with van der Waals surface area (Å²) in [5, 5.41) is 2.93. The Morgan fingerprint density at radius 2 is 1.95 bits per heavy atom. The fraction of sp³-hybridized carbons (Fsp3) is 0.467. The van der Waals surface area contributed by atoms with Crippen LogP contribution in [0.5, 0.6) is 11.5 Å². The number of benzene rings is 1. The SMILES string of the molecule is CCC(C)(C)NC(=O)c1ccc(OCC(N)=O)c(OC)c1. The molecular formula is C15H22N2O4. The first kappa shape index (κ1) is 16.8. The number of hydrogen-bond donors (Lipinski definition) is 2. The van der Waals surface area contributed by atoms with Gasteiger partial charge in [0.05, 0.1) is 7.11 Å². The lowest BCUT2D eigenvalue weighted by Crippen LogP contribution is -2.42. The van der Waals surface area contributed by atoms with Gasteiger partial charge in [-0.25, -0.2) is 0 Å². The van der Waals surface area contributed by atoms with Crippen LogP contribution in [0.25, 0.3) is 0 Å². The van der Waals surface area contributed by atoms with Crippen molar-refractivity contribution < 1.29 is 19.1 Å². The van der Waals surface area contributed by atoms with Crippen LogP contribution in [-0.4, -0.2) is 31.1 Å². The number of amides is 2. The number of nitrogens with one attached hydrogen (secondary N) is 1. The minimum atomic E-state index is -0.580. The van der Waals surface area contributed by atoms with Crippen molar-refractivity contribution in [1.82, 2.24) is 5.32 Å². The molecule has 21 heavy (non-hydrogen) atoms. The van der Waals surface area contributed by atoms with Crippen LogP contribution in [0.1, 0.15) is 37.6 Å². The summed E-state index contributed by atoms with van der Waals surface area (Å²) < 4.78 is 10.4. The molecule has 0 aromatic heterocycles. The third-order valence-corrected chi connectivity index (χ3v) is 3.13. The maximum absolute atomic E-state index is 12.2. The molecule has 0 aliphatic carbocycles. The number of hydrogen-bond acceptors (Lipinski definition) is 4. The molecule has 1 aromatic rings. The summed E-state index contributed by atoms with van der Waals surface area (Å²) in [4.78, 5) is 22.9. The van der Waals surface area contributed by atoms with E-state index in [1.807, 2.05) is 20.8 Å². The van der Waals surface area contributed by atoms with Crippen molar-refractivity contribution in [3.63, 3.8) is 0 Å². The topological polar surface area (TPSA) is 90.6 Å². The first-order valence-electron chi connectivity index (χ1n) is 6.70. The maximum atomic E-state index is 12.2. The number of methoxy groups -OCH3 is 1. The lowest BCUT2D eigenvalue weighted by atomic mass is 10.0. The molecule has 1 rings (SSSR count). The first-order valence-corrected chi connectivity index (χ1v) is 6.70. The van der Waals surface area contributed by atoms with E-state index < -0.39 is 5.91 Å². The highest BCUT2D eigenvalue weighted by Gasteiger charge is 2.20. The third-order valence-electron chi connectivity index (χ3n) is 3.13. The average molecular weight is 294 g/mol. The monoisotopic (exact) mass is 294 g/mol. The van der Waals surface area contributed by atoms with Gasteiger partial charge in [0.1, 0.15) is 0 Å². The highest BCUT2D eigenvalue weighted by molar-refractivity contribution is 5.95. The molecule has 1 aromatic carbocycles. The zero-order valence-corrected chi connectivity index (χ0v) is 12.9. The van der Waals surface area contributed by atoms with E-state index in [1.54, 1.807) is 18.2 Å². The number of nitrogens with two attached hydrogens (primary N) is 1. The summed E-state index contributed by atoms with van der Waals surface area (Å²) in [5.74, 6) is -0.0361. The van der Waals surface area contributed by atoms with Gasteiger partial charge in [-0.05, 0) is 38.5 Å². The molecule has 0 aliphatic heterocycles. The van der Waals surface area contributed by atoms with Gasteiger partial charge in [0.15, 0.2) is 18.1 Å². The van der Waals surface area contributed by atoms with E-state index in [1.165, 1.54) is 7.11 Å². The molecule has 0 atom stereocenters. The molecule has 0 unspecified atom stereocenters. The Morgan fingerprint density at radius 1 is 1.29 bits per heavy atom. The van der Waals surface area contributed by atoms with Crippen LogP contribution in [0.4, 0.5) is 0 Å². The molecule has 0 saturated carbocycles. The van der Waals surface area contributed by atoms with Gasteiger partial charge in [0, 0.05) is 11.1 Å². The molecule has 6 nitrogen and oxygen atoms in total. The van der Waals surface area contributed by atoms with E-state index in [0.717, 1.165) is 6.42 Å². The largest absolute Gasteiger partial charge is 0.493 e. The van der Waals surface area contributed by atoms with Crippen molar-refractivity contribution in [3.05, 3.63) is 23.8 Å². The van der Waals surface area contributed by atoms with Crippen LogP contribution in [0.15, 0.2) is 18.2 Å². The predicted molar refractivity (Wildman–Crippen MR) is 79.5 cm³/mol. The Labute approximate surface area is 124 Å². The van der Waals surface area contributed by atoms with Gasteiger partial charge in [-0.15, -0.1) is 0 Å². The molecule has 0 aliphatic rings. The Balaban J connectivity index is 2.91. The fourth-order valence-corrected chi connectivity index (χ4v) is 1.54. The van der Waals surface area contributed by atoms with Crippen LogP contribution >= 0.6 is 0 Å². The Morgan fingerprint density at radius 3 is 2.48 bits per heavy atom. The fourth-order valence-electron chi connectivity index (χ4n) is 1.54. The molecular weight excluding hydrogens is 272 g/mol. The van der Waals surface area contributed by atoms with Crippen molar-refractivity contribution in [2.45, 2.75) is 32.7 Å². The number of rotatable bonds is 7. The number of ether oxygens (including phenoxy) is 2. The zero-order valence-electron chi connectivity index (χ0n) is 12.9. The smallest absolute Gasteiger partial charge is 0.255 e. The van der Waals surface area contributed by atoms with Gasteiger partial charge in [-0.3, -0.25) is 9.59 Å². The minimum absolute atomic E-state index is 0.193. The van der Waals surface area contributed by atoms with Crippen LogP contribution < -0.4 is 20.5 Å². The zero-order chi connectivity index (χ0) is 16.0. The molecule has 0 heterocycles. The highest BCUT2D eigenvalue weighted by Crippen LogP contribution is 2.28. The molecule has 3 N–H and O–H groups in total. The molecule has 6 heteroatoms. The second-order valence-corrected chi connectivity index (χ2v) is 5.31. The first-order chi connectivity index (χ1) is 9.79. The van der Waals surface area contributed by atoms with Gasteiger partial charge in [0.25, 0.3) is 11.8 Å². The standard InChI is InChI=1S/C15H22N2O4/c1-5-15(2,3)17-14(19)10-6-7-11(12(8-10)20-4)21-9-13(16)18/h6-8H,5,9H2,1-4H3,(H2,16,18)(H,17,19). The summed E-state index contributed by atoms with van der Waals surface area (Å²) in [7, 11) is 1.46. The average Bonchev–Trinajstić information content (AvgIpc) is 2.44. The summed E-state index contributed by atoms with van der Waals surface area (Å²) in [6, 6.07) is 4.76. The molecule has 0 spiro atoms. The van der Waals surface area contributed by atoms with Crippen molar-refractivity contribution in [1.29, 1.82) is 0 Å². The number of carbonyl (C=O) groups excluding carboxylic acids is 2. The van der Waals surface area contributed by atoms with Gasteiger partial charge in [-0.2, -0.15) is 0 Å². The predicted octanol–water partition coefficient (Wildman–Crippen LogP) is 1.48. The van der Waals surface area contributed by atoms with Crippen LogP contribution in [-0.2, 0) is 4.79 Å². The highest BCUT2D eigenvalue weighted by atomic mass is 16.5. The Bertz CT molecular complexity index is 526. The number of carbonyl (C=O) groups is 2. The van der Waals surface area contributed by atoms with Gasteiger partial charge >= 0.3 is 0 Å². The lowest BCUT2D eigenvalue weighted by Gasteiger charge is -2.24. The Hall–Kier alpha value is -2.24. The maximum Gasteiger partial charge on any atom is 0.255 e. The molecule has 0 saturated heterocycles. The van der Waals surface area contributed by atoms with Crippen molar-refractivity contribution >= 4 is 11.8 Å². The van der Waals surface area contributed by atoms with Crippen molar-refractivity contribution in [3.8, 4) is 11.5 Å². The van der Waals surface area contributed by atoms with E-state index in [2.05, 4.69) is 5.32 Å². The van der Waals surface area contributed by atoms with Crippen LogP contribution in [0.2, 0.25) is 0 Å². The second-order valence-electron chi connectivity index (χ2n) is 5.31. The molecule has 116 valence electrons. The summed E-state index contributed by atoms with van der Waals surface area (Å²) in [6.45, 7) is 5.66. The number of primary amides is 1. The molecule has 2 amide bonds. The lowest BCUT2D eigenvalue weighted by molar-refractivity contribution is -0.119. The summed E-state index contributed by atoms with van der Waals surface area (Å²) in [6.07, 6.45) is 0.815. The van der Waals surface area contributed by atoms with Gasteiger partial charge < -0.3 is 20.5 Å². The van der Waals surface area contributed by atoms with E-state index in [9.17, 15) is 9.59 Å². The van der Waals surface area contributed by atoms with E-state index in [-0.39, 0.29) is 18.1 Å². The summed E-state index contributed by atoms with van der Waals surface area (Å²) >= 11 is 0. The summed E-state index contributed by atoms with van der Waals surface area (Å²) in [5.41, 5.74) is 5.20. The molecule has 0 bridgehead atoms. The minimum Gasteiger partial charge on any atom is -0.493 e. The molecule has 0 fully saturated rings. The van der Waals surface area contributed by atoms with Gasteiger partial charge in [0.2, 0.25) is 0 Å². The quantitative estimate of drug-likeness (QED) is 0.797. The van der Waals surface area contributed by atoms with E-state index >= 15 is 0 Å². The molecule has 0 radical (unpaired) electrons. The van der Waals surface area contributed by atoms with Crippen LogP contribution in [0, 0.1) is 0 Å². The van der Waals surface area contributed by atoms with Crippen LogP contribution in [0.3, 0.4) is 0 Å². The second kappa shape index (κ2) is 6.97. The van der Waals surface area contributed by atoms with Crippen molar-refractivity contribution in [2.75, 3.05) is 13.7 Å². The van der Waals surface area contributed by atoms with Gasteiger partial charge in [-0.1, -0.05) is 6.92 Å². The van der Waals surface area contributed by atoms with Crippen molar-refractivity contribution in [2.24, 2.45) is 5.73 Å². The third kappa shape index (κ3) is 4.98. The van der Waals surface area contributed by atoms with E-state index in [4.69, 9.17) is 15.2 Å². The van der Waals surface area contributed by atoms with E-state index in [0.29, 0.717) is 17.1 Å².